The topological polar surface area (TPSA) is 60.2 Å². The van der Waals surface area contributed by atoms with Crippen LogP contribution in [0.3, 0.4) is 0 Å². The normalized spacial score (nSPS) is 11.7. The van der Waals surface area contributed by atoms with Crippen LogP contribution in [0.15, 0.2) is 17.0 Å². The van der Waals surface area contributed by atoms with Crippen molar-refractivity contribution in [3.8, 4) is 0 Å². The predicted octanol–water partition coefficient (Wildman–Crippen LogP) is 2.76. The lowest BCUT2D eigenvalue weighted by molar-refractivity contribution is 0.595. The highest BCUT2D eigenvalue weighted by atomic mass is 35.5. The first kappa shape index (κ1) is 12.6. The van der Waals surface area contributed by atoms with E-state index in [4.69, 9.17) is 28.9 Å². The minimum absolute atomic E-state index is 0.0730. The summed E-state index contributed by atoms with van der Waals surface area (Å²) in [7, 11) is -3.30. The van der Waals surface area contributed by atoms with Crippen molar-refractivity contribution in [2.24, 2.45) is 0 Å². The van der Waals surface area contributed by atoms with Gasteiger partial charge in [0, 0.05) is 0 Å². The van der Waals surface area contributed by atoms with Crippen LogP contribution in [0.1, 0.15) is 13.3 Å². The van der Waals surface area contributed by atoms with E-state index < -0.39 is 9.84 Å². The lowest BCUT2D eigenvalue weighted by Gasteiger charge is -2.06. The summed E-state index contributed by atoms with van der Waals surface area (Å²) in [6.45, 7) is 1.79. The molecule has 0 saturated heterocycles. The lowest BCUT2D eigenvalue weighted by Crippen LogP contribution is -2.06. The SMILES string of the molecule is CCCS(=O)(=O)c1cc(Cl)c(N)c(Cl)c1. The highest BCUT2D eigenvalue weighted by Gasteiger charge is 2.16. The van der Waals surface area contributed by atoms with Crippen molar-refractivity contribution < 1.29 is 8.42 Å². The van der Waals surface area contributed by atoms with Crippen LogP contribution >= 0.6 is 23.2 Å². The van der Waals surface area contributed by atoms with Gasteiger partial charge in [0.2, 0.25) is 0 Å². The molecule has 0 fully saturated rings. The van der Waals surface area contributed by atoms with Gasteiger partial charge in [-0.1, -0.05) is 30.1 Å². The predicted molar refractivity (Wildman–Crippen MR) is 63.2 cm³/mol. The Labute approximate surface area is 99.1 Å². The molecular formula is C9H11Cl2NO2S. The third-order valence-electron chi connectivity index (χ3n) is 1.88. The van der Waals surface area contributed by atoms with Gasteiger partial charge in [0.1, 0.15) is 0 Å². The van der Waals surface area contributed by atoms with Crippen molar-refractivity contribution in [3.63, 3.8) is 0 Å². The summed E-state index contributed by atoms with van der Waals surface area (Å²) in [5.41, 5.74) is 5.71. The zero-order valence-corrected chi connectivity index (χ0v) is 10.5. The second-order valence-corrected chi connectivity index (χ2v) is 6.04. The molecule has 1 rings (SSSR count). The molecule has 1 aromatic rings. The average Bonchev–Trinajstić information content (AvgIpc) is 2.13. The Morgan fingerprint density at radius 2 is 1.73 bits per heavy atom. The quantitative estimate of drug-likeness (QED) is 0.857. The van der Waals surface area contributed by atoms with E-state index in [2.05, 4.69) is 0 Å². The van der Waals surface area contributed by atoms with Crippen molar-refractivity contribution in [2.75, 3.05) is 11.5 Å². The Bertz CT molecular complexity index is 448. The number of rotatable bonds is 3. The monoisotopic (exact) mass is 267 g/mol. The van der Waals surface area contributed by atoms with Crippen LogP contribution in [0, 0.1) is 0 Å². The highest BCUT2D eigenvalue weighted by molar-refractivity contribution is 7.91. The molecule has 84 valence electrons. The number of benzene rings is 1. The molecule has 15 heavy (non-hydrogen) atoms. The first-order valence-electron chi connectivity index (χ1n) is 4.35. The summed E-state index contributed by atoms with van der Waals surface area (Å²) in [6, 6.07) is 2.65. The third kappa shape index (κ3) is 2.77. The smallest absolute Gasteiger partial charge is 0.178 e. The number of nitrogens with two attached hydrogens (primary N) is 1. The molecule has 0 radical (unpaired) electrons. The van der Waals surface area contributed by atoms with Gasteiger partial charge in [0.25, 0.3) is 0 Å². The minimum atomic E-state index is -3.30. The fourth-order valence-electron chi connectivity index (χ4n) is 1.13. The lowest BCUT2D eigenvalue weighted by atomic mass is 10.3. The summed E-state index contributed by atoms with van der Waals surface area (Å²) in [5, 5.41) is 0.328. The molecule has 2 N–H and O–H groups in total. The molecule has 0 heterocycles. The van der Waals surface area contributed by atoms with E-state index >= 15 is 0 Å². The van der Waals surface area contributed by atoms with E-state index in [0.717, 1.165) is 0 Å². The molecule has 0 unspecified atom stereocenters. The zero-order valence-electron chi connectivity index (χ0n) is 8.13. The summed E-state index contributed by atoms with van der Waals surface area (Å²) in [6.07, 6.45) is 0.544. The van der Waals surface area contributed by atoms with E-state index in [-0.39, 0.29) is 26.4 Å². The Morgan fingerprint density at radius 1 is 1.27 bits per heavy atom. The van der Waals surface area contributed by atoms with Crippen molar-refractivity contribution in [2.45, 2.75) is 18.2 Å². The molecule has 0 bridgehead atoms. The third-order valence-corrected chi connectivity index (χ3v) is 4.41. The van der Waals surface area contributed by atoms with Crippen LogP contribution in [0.25, 0.3) is 0 Å². The second-order valence-electron chi connectivity index (χ2n) is 3.12. The van der Waals surface area contributed by atoms with Crippen LogP contribution in [0.5, 0.6) is 0 Å². The minimum Gasteiger partial charge on any atom is -0.396 e. The zero-order chi connectivity index (χ0) is 11.6. The molecular weight excluding hydrogens is 257 g/mol. The molecule has 1 aromatic carbocycles. The fourth-order valence-corrected chi connectivity index (χ4v) is 3.11. The van der Waals surface area contributed by atoms with Gasteiger partial charge in [-0.05, 0) is 18.6 Å². The van der Waals surface area contributed by atoms with Crippen molar-refractivity contribution in [1.82, 2.24) is 0 Å². The molecule has 0 saturated carbocycles. The van der Waals surface area contributed by atoms with Crippen molar-refractivity contribution in [1.29, 1.82) is 0 Å². The van der Waals surface area contributed by atoms with E-state index in [1.54, 1.807) is 6.92 Å². The average molecular weight is 268 g/mol. The number of sulfone groups is 1. The van der Waals surface area contributed by atoms with Gasteiger partial charge in [0.05, 0.1) is 26.4 Å². The fraction of sp³-hybridized carbons (Fsp3) is 0.333. The maximum Gasteiger partial charge on any atom is 0.178 e. The maximum absolute atomic E-state index is 11.7. The molecule has 0 amide bonds. The number of nitrogen functional groups attached to an aromatic ring is 1. The van der Waals surface area contributed by atoms with Gasteiger partial charge < -0.3 is 5.73 Å². The first-order valence-corrected chi connectivity index (χ1v) is 6.76. The molecule has 3 nitrogen and oxygen atoms in total. The van der Waals surface area contributed by atoms with E-state index in [1.807, 2.05) is 0 Å². The van der Waals surface area contributed by atoms with Gasteiger partial charge in [0.15, 0.2) is 9.84 Å². The van der Waals surface area contributed by atoms with Gasteiger partial charge >= 0.3 is 0 Å². The number of anilines is 1. The van der Waals surface area contributed by atoms with Crippen molar-refractivity contribution in [3.05, 3.63) is 22.2 Å². The van der Waals surface area contributed by atoms with Crippen LogP contribution in [-0.2, 0) is 9.84 Å². The first-order chi connectivity index (χ1) is 6.88. The Morgan fingerprint density at radius 3 is 2.13 bits per heavy atom. The maximum atomic E-state index is 11.7. The highest BCUT2D eigenvalue weighted by Crippen LogP contribution is 2.31. The van der Waals surface area contributed by atoms with E-state index in [0.29, 0.717) is 6.42 Å². The van der Waals surface area contributed by atoms with Crippen LogP contribution in [0.2, 0.25) is 10.0 Å². The molecule has 0 aliphatic rings. The van der Waals surface area contributed by atoms with Gasteiger partial charge in [-0.2, -0.15) is 0 Å². The van der Waals surface area contributed by atoms with Gasteiger partial charge in [-0.3, -0.25) is 0 Å². The van der Waals surface area contributed by atoms with Crippen LogP contribution in [0.4, 0.5) is 5.69 Å². The molecule has 0 spiro atoms. The number of halogens is 2. The van der Waals surface area contributed by atoms with E-state index in [9.17, 15) is 8.42 Å². The Hall–Kier alpha value is -0.450. The Kier molecular flexibility index (Phi) is 3.87. The summed E-state index contributed by atoms with van der Waals surface area (Å²) < 4.78 is 23.4. The van der Waals surface area contributed by atoms with Gasteiger partial charge in [-0.15, -0.1) is 0 Å². The second kappa shape index (κ2) is 4.60. The molecule has 0 atom stereocenters. The van der Waals surface area contributed by atoms with E-state index in [1.165, 1.54) is 12.1 Å². The molecule has 0 aliphatic heterocycles. The van der Waals surface area contributed by atoms with Gasteiger partial charge in [-0.25, -0.2) is 8.42 Å². The van der Waals surface area contributed by atoms with Crippen LogP contribution < -0.4 is 5.73 Å². The summed E-state index contributed by atoms with van der Waals surface area (Å²) >= 11 is 11.5. The standard InChI is InChI=1S/C9H11Cl2NO2S/c1-2-3-15(13,14)6-4-7(10)9(12)8(11)5-6/h4-5H,2-3,12H2,1H3. The number of hydrogen-bond acceptors (Lipinski definition) is 3. The summed E-state index contributed by atoms with van der Waals surface area (Å²) in [5.74, 6) is 0.0730. The Balaban J connectivity index is 3.29. The molecule has 0 aliphatic carbocycles. The van der Waals surface area contributed by atoms with Crippen molar-refractivity contribution >= 4 is 38.7 Å². The number of hydrogen-bond donors (Lipinski definition) is 1. The summed E-state index contributed by atoms with van der Waals surface area (Å²) in [4.78, 5) is 0.119. The molecule has 0 aromatic heterocycles. The molecule has 6 heteroatoms. The largest absolute Gasteiger partial charge is 0.396 e. The van der Waals surface area contributed by atoms with Crippen LogP contribution in [-0.4, -0.2) is 14.2 Å².